The summed E-state index contributed by atoms with van der Waals surface area (Å²) >= 11 is 3.77. The van der Waals surface area contributed by atoms with E-state index in [0.29, 0.717) is 23.4 Å². The zero-order chi connectivity index (χ0) is 26.3. The number of benzene rings is 1. The van der Waals surface area contributed by atoms with Crippen LogP contribution in [-0.2, 0) is 14.4 Å². The molecule has 0 spiro atoms. The van der Waals surface area contributed by atoms with Gasteiger partial charge in [-0.2, -0.15) is 0 Å². The minimum atomic E-state index is -1.26. The molecule has 1 amide bonds. The van der Waals surface area contributed by atoms with Crippen LogP contribution in [0.3, 0.4) is 0 Å². The van der Waals surface area contributed by atoms with Gasteiger partial charge in [-0.15, -0.1) is 23.1 Å². The monoisotopic (exact) mass is 532 g/mol. The Labute approximate surface area is 221 Å². The molecule has 1 atom stereocenters. The minimum Gasteiger partial charge on any atom is -0.478 e. The maximum atomic E-state index is 12.5. The van der Waals surface area contributed by atoms with Crippen LogP contribution in [-0.4, -0.2) is 74.2 Å². The zero-order valence-electron chi connectivity index (χ0n) is 21.2. The molecular weight excluding hydrogens is 496 g/mol. The van der Waals surface area contributed by atoms with E-state index in [2.05, 4.69) is 60.9 Å². The van der Waals surface area contributed by atoms with E-state index in [1.807, 2.05) is 11.3 Å². The van der Waals surface area contributed by atoms with Gasteiger partial charge in [-0.25, -0.2) is 9.59 Å². The average Bonchev–Trinajstić information content (AvgIpc) is 3.34. The first kappa shape index (κ1) is 28.2. The summed E-state index contributed by atoms with van der Waals surface area (Å²) in [6.07, 6.45) is 5.97. The highest BCUT2D eigenvalue weighted by molar-refractivity contribution is 8.02. The summed E-state index contributed by atoms with van der Waals surface area (Å²) in [5.41, 5.74) is 0. The molecule has 4 rings (SSSR count). The molecule has 7 nitrogen and oxygen atoms in total. The second-order valence-corrected chi connectivity index (χ2v) is 12.8. The second kappa shape index (κ2) is 12.7. The van der Waals surface area contributed by atoms with Crippen LogP contribution in [0.1, 0.15) is 57.2 Å². The fourth-order valence-electron chi connectivity index (χ4n) is 4.74. The fraction of sp³-hybridized carbons (Fsp3) is 0.519. The molecule has 0 bridgehead atoms. The first-order valence-electron chi connectivity index (χ1n) is 12.4. The number of thioether (sulfide) groups is 1. The fourth-order valence-corrected chi connectivity index (χ4v) is 7.37. The minimum absolute atomic E-state index is 0.242. The molecule has 1 aromatic carbocycles. The number of carboxylic acids is 2. The molecule has 2 fully saturated rings. The Morgan fingerprint density at radius 1 is 1.06 bits per heavy atom. The molecule has 9 heteroatoms. The zero-order valence-corrected chi connectivity index (χ0v) is 22.8. The van der Waals surface area contributed by atoms with Crippen molar-refractivity contribution in [2.24, 2.45) is 0 Å². The van der Waals surface area contributed by atoms with Gasteiger partial charge in [-0.1, -0.05) is 18.2 Å². The number of carbonyl (C=O) groups excluding carboxylic acids is 1. The average molecular weight is 533 g/mol. The van der Waals surface area contributed by atoms with Crippen LogP contribution in [0.15, 0.2) is 42.5 Å². The van der Waals surface area contributed by atoms with E-state index >= 15 is 0 Å². The molecule has 3 heterocycles. The lowest BCUT2D eigenvalue weighted by atomic mass is 9.95. The van der Waals surface area contributed by atoms with Gasteiger partial charge in [0.25, 0.3) is 0 Å². The van der Waals surface area contributed by atoms with E-state index in [9.17, 15) is 14.4 Å². The van der Waals surface area contributed by atoms with Gasteiger partial charge in [0.05, 0.1) is 10.1 Å². The lowest BCUT2D eigenvalue weighted by molar-refractivity contribution is -0.134. The Balaban J connectivity index is 0.000000392. The largest absolute Gasteiger partial charge is 0.478 e. The standard InChI is InChI=1S/C23H32N2OS2.C4H4O4/c1-17-25(22(26)23(2,3)28-17)13-7-6-12-24-14-10-18(11-15-24)21-16-19-8-4-5-9-20(19)27-21;5-3(6)1-2-4(7)8/h4-5,8-9,16-18H,6-7,10-15H2,1-3H3;1-2H,(H,5,6)(H,7,8). The Hall–Kier alpha value is -2.36. The predicted octanol–water partition coefficient (Wildman–Crippen LogP) is 5.27. The van der Waals surface area contributed by atoms with Crippen LogP contribution in [0.2, 0.25) is 0 Å². The number of rotatable bonds is 8. The summed E-state index contributed by atoms with van der Waals surface area (Å²) in [5.74, 6) is -1.47. The number of likely N-dealkylation sites (tertiary alicyclic amines) is 1. The molecule has 1 aromatic heterocycles. The first-order valence-corrected chi connectivity index (χ1v) is 14.1. The SMILES string of the molecule is CC1SC(C)(C)C(=O)N1CCCCN1CCC(c2cc3ccccc3s2)CC1.O=C(O)C=CC(=O)O. The number of hydrogen-bond donors (Lipinski definition) is 2. The van der Waals surface area contributed by atoms with E-state index < -0.39 is 11.9 Å². The smallest absolute Gasteiger partial charge is 0.328 e. The normalized spacial score (nSPS) is 20.6. The van der Waals surface area contributed by atoms with Crippen molar-refractivity contribution in [1.82, 2.24) is 9.80 Å². The third-order valence-electron chi connectivity index (χ3n) is 6.61. The molecule has 2 saturated heterocycles. The highest BCUT2D eigenvalue weighted by Crippen LogP contribution is 2.40. The molecule has 2 aromatic rings. The number of carboxylic acid groups (broad SMARTS) is 2. The molecule has 2 aliphatic heterocycles. The van der Waals surface area contributed by atoms with Crippen molar-refractivity contribution in [2.45, 2.75) is 62.5 Å². The number of hydrogen-bond acceptors (Lipinski definition) is 6. The molecule has 1 unspecified atom stereocenters. The molecule has 0 aliphatic carbocycles. The molecular formula is C27H36N2O5S2. The summed E-state index contributed by atoms with van der Waals surface area (Å²) < 4.78 is 1.18. The Morgan fingerprint density at radius 2 is 1.67 bits per heavy atom. The summed E-state index contributed by atoms with van der Waals surface area (Å²) in [6, 6.07) is 11.2. The lowest BCUT2D eigenvalue weighted by Crippen LogP contribution is -2.38. The number of nitrogens with zero attached hydrogens (tertiary/aromatic N) is 2. The molecule has 2 aliphatic rings. The van der Waals surface area contributed by atoms with Gasteiger partial charge < -0.3 is 20.0 Å². The van der Waals surface area contributed by atoms with E-state index in [1.165, 1.54) is 49.0 Å². The molecule has 0 radical (unpaired) electrons. The highest BCUT2D eigenvalue weighted by atomic mass is 32.2. The van der Waals surface area contributed by atoms with Gasteiger partial charge in [-0.3, -0.25) is 4.79 Å². The Morgan fingerprint density at radius 3 is 2.22 bits per heavy atom. The van der Waals surface area contributed by atoms with E-state index in [0.717, 1.165) is 18.9 Å². The van der Waals surface area contributed by atoms with Crippen molar-refractivity contribution < 1.29 is 24.6 Å². The number of aliphatic carboxylic acids is 2. The maximum Gasteiger partial charge on any atom is 0.328 e. The van der Waals surface area contributed by atoms with Crippen LogP contribution in [0.5, 0.6) is 0 Å². The number of amides is 1. The van der Waals surface area contributed by atoms with Crippen LogP contribution >= 0.6 is 23.1 Å². The summed E-state index contributed by atoms with van der Waals surface area (Å²) in [6.45, 7) is 10.8. The van der Waals surface area contributed by atoms with Crippen molar-refractivity contribution in [3.8, 4) is 0 Å². The van der Waals surface area contributed by atoms with Gasteiger partial charge in [0.1, 0.15) is 0 Å². The summed E-state index contributed by atoms with van der Waals surface area (Å²) in [4.78, 5) is 37.8. The van der Waals surface area contributed by atoms with Crippen molar-refractivity contribution in [1.29, 1.82) is 0 Å². The number of thiophene rings is 1. The van der Waals surface area contributed by atoms with Crippen molar-refractivity contribution in [3.05, 3.63) is 47.4 Å². The number of unbranched alkanes of at least 4 members (excludes halogenated alkanes) is 1. The van der Waals surface area contributed by atoms with Crippen LogP contribution in [0.25, 0.3) is 10.1 Å². The van der Waals surface area contributed by atoms with Crippen molar-refractivity contribution in [3.63, 3.8) is 0 Å². The van der Waals surface area contributed by atoms with E-state index in [4.69, 9.17) is 10.2 Å². The quantitative estimate of drug-likeness (QED) is 0.353. The van der Waals surface area contributed by atoms with E-state index in [1.54, 1.807) is 16.6 Å². The number of piperidine rings is 1. The highest BCUT2D eigenvalue weighted by Gasteiger charge is 2.43. The van der Waals surface area contributed by atoms with Gasteiger partial charge in [-0.05, 0) is 89.5 Å². The molecule has 36 heavy (non-hydrogen) atoms. The predicted molar refractivity (Wildman–Crippen MR) is 147 cm³/mol. The summed E-state index contributed by atoms with van der Waals surface area (Å²) in [5, 5.41) is 17.3. The Bertz CT molecular complexity index is 1040. The maximum absolute atomic E-state index is 12.5. The van der Waals surface area contributed by atoms with Gasteiger partial charge >= 0.3 is 11.9 Å². The van der Waals surface area contributed by atoms with Crippen LogP contribution in [0, 0.1) is 0 Å². The number of carbonyl (C=O) groups is 3. The van der Waals surface area contributed by atoms with Crippen molar-refractivity contribution >= 4 is 51.0 Å². The first-order chi connectivity index (χ1) is 17.1. The number of fused-ring (bicyclic) bond motifs is 1. The van der Waals surface area contributed by atoms with Gasteiger partial charge in [0.15, 0.2) is 0 Å². The van der Waals surface area contributed by atoms with E-state index in [-0.39, 0.29) is 4.75 Å². The molecule has 2 N–H and O–H groups in total. The van der Waals surface area contributed by atoms with Gasteiger partial charge in [0, 0.05) is 28.3 Å². The lowest BCUT2D eigenvalue weighted by Gasteiger charge is -2.31. The third kappa shape index (κ3) is 7.82. The van der Waals surface area contributed by atoms with Gasteiger partial charge in [0.2, 0.25) is 5.91 Å². The topological polar surface area (TPSA) is 98.2 Å². The molecule has 196 valence electrons. The molecule has 0 saturated carbocycles. The Kier molecular flexibility index (Phi) is 9.99. The third-order valence-corrected chi connectivity index (χ3v) is 9.24. The van der Waals surface area contributed by atoms with Crippen molar-refractivity contribution in [2.75, 3.05) is 26.2 Å². The van der Waals surface area contributed by atoms with Crippen LogP contribution in [0.4, 0.5) is 0 Å². The van der Waals surface area contributed by atoms with Crippen LogP contribution < -0.4 is 0 Å². The second-order valence-electron chi connectivity index (χ2n) is 9.75. The summed E-state index contributed by atoms with van der Waals surface area (Å²) in [7, 11) is 0.